The zero-order valence-electron chi connectivity index (χ0n) is 24.6. The number of carbonyl (C=O) groups is 2. The second-order valence-corrected chi connectivity index (χ2v) is 13.8. The lowest BCUT2D eigenvalue weighted by Crippen LogP contribution is -2.32. The number of carbonyl (C=O) groups excluding carboxylic acids is 2. The van der Waals surface area contributed by atoms with Crippen molar-refractivity contribution >= 4 is 33.2 Å². The summed E-state index contributed by atoms with van der Waals surface area (Å²) in [6.07, 6.45) is 4.22. The van der Waals surface area contributed by atoms with Crippen LogP contribution in [0.2, 0.25) is 0 Å². The molecule has 0 aliphatic carbocycles. The van der Waals surface area contributed by atoms with Crippen molar-refractivity contribution in [3.05, 3.63) is 65.2 Å². The van der Waals surface area contributed by atoms with Crippen molar-refractivity contribution in [1.29, 1.82) is 0 Å². The molecule has 3 N–H and O–H groups in total. The Hall–Kier alpha value is -3.86. The maximum atomic E-state index is 13.4. The topological polar surface area (TPSA) is 131 Å². The zero-order chi connectivity index (χ0) is 30.0. The van der Waals surface area contributed by atoms with Crippen LogP contribution < -0.4 is 20.1 Å². The Morgan fingerprint density at radius 3 is 2.23 bits per heavy atom. The van der Waals surface area contributed by atoms with Crippen molar-refractivity contribution in [1.82, 2.24) is 14.9 Å². The van der Waals surface area contributed by atoms with Gasteiger partial charge in [0, 0.05) is 18.3 Å². The molecular weight excluding hydrogens is 530 g/mol. The Labute approximate surface area is 236 Å². The van der Waals surface area contributed by atoms with Gasteiger partial charge in [-0.05, 0) is 53.1 Å². The molecule has 2 aromatic carbocycles. The fourth-order valence-electron chi connectivity index (χ4n) is 3.88. The van der Waals surface area contributed by atoms with Crippen LogP contribution in [0.25, 0.3) is 5.69 Å². The van der Waals surface area contributed by atoms with Crippen LogP contribution in [0.15, 0.2) is 42.9 Å². The zero-order valence-corrected chi connectivity index (χ0v) is 25.4. The number of imidazole rings is 1. The van der Waals surface area contributed by atoms with Crippen molar-refractivity contribution in [2.45, 2.75) is 53.9 Å². The first kappa shape index (κ1) is 30.7. The van der Waals surface area contributed by atoms with Crippen LogP contribution >= 0.6 is 0 Å². The molecule has 0 unspecified atom stereocenters. The van der Waals surface area contributed by atoms with Gasteiger partial charge in [-0.3, -0.25) is 14.3 Å². The van der Waals surface area contributed by atoms with E-state index in [2.05, 4.69) is 20.3 Å². The highest BCUT2D eigenvalue weighted by Gasteiger charge is 2.23. The van der Waals surface area contributed by atoms with E-state index in [4.69, 9.17) is 4.74 Å². The fraction of sp³-hybridized carbons (Fsp3) is 0.414. The van der Waals surface area contributed by atoms with Gasteiger partial charge in [0.15, 0.2) is 5.75 Å². The molecule has 0 aliphatic heterocycles. The molecule has 0 spiro atoms. The Morgan fingerprint density at radius 2 is 1.65 bits per heavy atom. The maximum absolute atomic E-state index is 13.4. The number of aromatic nitrogens is 2. The van der Waals surface area contributed by atoms with Crippen LogP contribution in [-0.4, -0.2) is 49.7 Å². The summed E-state index contributed by atoms with van der Waals surface area (Å²) in [7, 11) is -2.20. The number of ether oxygens (including phenoxy) is 1. The first-order valence-electron chi connectivity index (χ1n) is 12.8. The lowest BCUT2D eigenvalue weighted by atomic mass is 9.86. The van der Waals surface area contributed by atoms with Gasteiger partial charge in [0.25, 0.3) is 11.8 Å². The minimum Gasteiger partial charge on any atom is -0.492 e. The maximum Gasteiger partial charge on any atom is 0.271 e. The average molecular weight is 570 g/mol. The molecule has 40 heavy (non-hydrogen) atoms. The van der Waals surface area contributed by atoms with Gasteiger partial charge >= 0.3 is 0 Å². The van der Waals surface area contributed by atoms with Gasteiger partial charge in [0.2, 0.25) is 10.0 Å². The Balaban J connectivity index is 1.95. The molecular formula is C29H39N5O5S. The highest BCUT2D eigenvalue weighted by molar-refractivity contribution is 7.92. The van der Waals surface area contributed by atoms with Gasteiger partial charge in [-0.15, -0.1) is 0 Å². The van der Waals surface area contributed by atoms with E-state index >= 15 is 0 Å². The van der Waals surface area contributed by atoms with Crippen molar-refractivity contribution in [3.63, 3.8) is 0 Å². The van der Waals surface area contributed by atoms with E-state index in [1.165, 1.54) is 13.4 Å². The number of amides is 2. The van der Waals surface area contributed by atoms with Crippen LogP contribution in [0.3, 0.4) is 0 Å². The molecule has 3 rings (SSSR count). The highest BCUT2D eigenvalue weighted by Crippen LogP contribution is 2.39. The van der Waals surface area contributed by atoms with E-state index in [0.29, 0.717) is 23.5 Å². The number of anilines is 2. The molecule has 216 valence electrons. The quantitative estimate of drug-likeness (QED) is 0.354. The largest absolute Gasteiger partial charge is 0.492 e. The molecule has 0 aliphatic rings. The summed E-state index contributed by atoms with van der Waals surface area (Å²) in [6.45, 7) is 14.5. The summed E-state index contributed by atoms with van der Waals surface area (Å²) in [4.78, 5) is 30.2. The minimum absolute atomic E-state index is 0.0623. The van der Waals surface area contributed by atoms with E-state index in [0.717, 1.165) is 17.4 Å². The first-order valence-corrected chi connectivity index (χ1v) is 14.7. The molecule has 11 heteroatoms. The van der Waals surface area contributed by atoms with Crippen LogP contribution in [0.4, 0.5) is 11.4 Å². The lowest BCUT2D eigenvalue weighted by Gasteiger charge is -2.24. The van der Waals surface area contributed by atoms with E-state index in [1.54, 1.807) is 35.0 Å². The third-order valence-electron chi connectivity index (χ3n) is 6.05. The summed E-state index contributed by atoms with van der Waals surface area (Å²) in [5.41, 5.74) is 3.15. The van der Waals surface area contributed by atoms with Crippen molar-refractivity contribution in [2.24, 2.45) is 5.41 Å². The van der Waals surface area contributed by atoms with E-state index in [1.807, 2.05) is 54.5 Å². The molecule has 1 heterocycles. The molecule has 3 aromatic rings. The predicted molar refractivity (Wildman–Crippen MR) is 158 cm³/mol. The van der Waals surface area contributed by atoms with Crippen LogP contribution in [0.1, 0.15) is 73.5 Å². The molecule has 0 saturated carbocycles. The standard InChI is InChI=1S/C29H39N5O5S/c1-18-10-11-19(12-24(18)34-15-23(31-17-34)27(36)30-16-28(2,3)4)26(35)32-21-13-20(29(5,6)7)14-22(25(21)39-8)33-40(9,37)38/h10-15,17,33H,16H2,1-9H3,(H,30,36)(H,32,35). The number of nitrogens with zero attached hydrogens (tertiary/aromatic N) is 2. The van der Waals surface area contributed by atoms with Crippen LogP contribution in [0.5, 0.6) is 5.75 Å². The van der Waals surface area contributed by atoms with Gasteiger partial charge in [0.05, 0.1) is 30.4 Å². The second kappa shape index (κ2) is 11.3. The van der Waals surface area contributed by atoms with E-state index in [9.17, 15) is 18.0 Å². The number of aryl methyl sites for hydroxylation is 1. The van der Waals surface area contributed by atoms with Crippen LogP contribution in [0, 0.1) is 12.3 Å². The molecule has 10 nitrogen and oxygen atoms in total. The van der Waals surface area contributed by atoms with Crippen molar-refractivity contribution in [2.75, 3.05) is 29.9 Å². The molecule has 1 aromatic heterocycles. The van der Waals surface area contributed by atoms with Crippen molar-refractivity contribution < 1.29 is 22.7 Å². The molecule has 2 amide bonds. The number of benzene rings is 2. The van der Waals surface area contributed by atoms with Crippen LogP contribution in [-0.2, 0) is 15.4 Å². The summed E-state index contributed by atoms with van der Waals surface area (Å²) in [5.74, 6) is -0.497. The van der Waals surface area contributed by atoms with Gasteiger partial charge < -0.3 is 19.9 Å². The van der Waals surface area contributed by atoms with Gasteiger partial charge in [-0.25, -0.2) is 13.4 Å². The average Bonchev–Trinajstić information content (AvgIpc) is 3.30. The Bertz CT molecular complexity index is 1530. The number of sulfonamides is 1. The second-order valence-electron chi connectivity index (χ2n) is 12.1. The third kappa shape index (κ3) is 7.84. The summed E-state index contributed by atoms with van der Waals surface area (Å²) in [6, 6.07) is 8.69. The molecule has 0 bridgehead atoms. The van der Waals surface area contributed by atoms with E-state index in [-0.39, 0.29) is 33.9 Å². The van der Waals surface area contributed by atoms with Gasteiger partial charge in [-0.1, -0.05) is 47.6 Å². The first-order chi connectivity index (χ1) is 18.4. The Kier molecular flexibility index (Phi) is 8.69. The predicted octanol–water partition coefficient (Wildman–Crippen LogP) is 4.89. The lowest BCUT2D eigenvalue weighted by molar-refractivity contribution is 0.0934. The normalized spacial score (nSPS) is 12.1. The molecule has 0 saturated heterocycles. The number of hydrogen-bond donors (Lipinski definition) is 3. The Morgan fingerprint density at radius 1 is 1.00 bits per heavy atom. The van der Waals surface area contributed by atoms with Gasteiger partial charge in [0.1, 0.15) is 12.0 Å². The minimum atomic E-state index is -3.61. The smallest absolute Gasteiger partial charge is 0.271 e. The summed E-state index contributed by atoms with van der Waals surface area (Å²) < 4.78 is 33.8. The number of hydrogen-bond acceptors (Lipinski definition) is 6. The monoisotopic (exact) mass is 569 g/mol. The summed E-state index contributed by atoms with van der Waals surface area (Å²) in [5, 5.41) is 5.77. The van der Waals surface area contributed by atoms with Gasteiger partial charge in [-0.2, -0.15) is 0 Å². The fourth-order valence-corrected chi connectivity index (χ4v) is 4.43. The highest BCUT2D eigenvalue weighted by atomic mass is 32.2. The molecule has 0 atom stereocenters. The number of methoxy groups -OCH3 is 1. The van der Waals surface area contributed by atoms with Crippen molar-refractivity contribution in [3.8, 4) is 11.4 Å². The number of rotatable bonds is 8. The number of nitrogens with one attached hydrogen (secondary N) is 3. The third-order valence-corrected chi connectivity index (χ3v) is 6.64. The molecule has 0 fully saturated rings. The SMILES string of the molecule is COc1c(NC(=O)c2ccc(C)c(-n3cnc(C(=O)NCC(C)(C)C)c3)c2)cc(C(C)(C)C)cc1NS(C)(=O)=O. The summed E-state index contributed by atoms with van der Waals surface area (Å²) >= 11 is 0. The molecule has 0 radical (unpaired) electrons. The van der Waals surface area contributed by atoms with E-state index < -0.39 is 15.9 Å².